The van der Waals surface area contributed by atoms with E-state index in [1.165, 1.54) is 23.5 Å². The van der Waals surface area contributed by atoms with E-state index in [-0.39, 0.29) is 22.1 Å². The molecule has 0 atom stereocenters. The van der Waals surface area contributed by atoms with Gasteiger partial charge < -0.3 is 10.1 Å². The number of amides is 1. The highest BCUT2D eigenvalue weighted by Gasteiger charge is 2.29. The van der Waals surface area contributed by atoms with Crippen LogP contribution in [0, 0.1) is 0 Å². The van der Waals surface area contributed by atoms with Crippen molar-refractivity contribution in [1.82, 2.24) is 14.6 Å². The number of sulfonamides is 1. The summed E-state index contributed by atoms with van der Waals surface area (Å²) in [7, 11) is -2.29. The van der Waals surface area contributed by atoms with Gasteiger partial charge in [0, 0.05) is 37.6 Å². The quantitative estimate of drug-likeness (QED) is 0.818. The number of piperidine rings is 1. The van der Waals surface area contributed by atoms with Gasteiger partial charge in [0.2, 0.25) is 10.0 Å². The average Bonchev–Trinajstić information content (AvgIpc) is 2.73. The fraction of sp³-hybridized carbons (Fsp3) is 0.368. The Bertz CT molecular complexity index is 894. The second-order valence-corrected chi connectivity index (χ2v) is 8.28. The molecular formula is C19H23N3O4S. The third-order valence-electron chi connectivity index (χ3n) is 4.53. The molecule has 1 aliphatic rings. The van der Waals surface area contributed by atoms with Crippen molar-refractivity contribution in [3.63, 3.8) is 0 Å². The maximum atomic E-state index is 13.0. The zero-order valence-electron chi connectivity index (χ0n) is 15.2. The summed E-state index contributed by atoms with van der Waals surface area (Å²) in [5.74, 6) is -0.110. The number of benzene rings is 1. The first-order valence-electron chi connectivity index (χ1n) is 8.87. The summed E-state index contributed by atoms with van der Waals surface area (Å²) >= 11 is 0. The number of hydrogen-bond acceptors (Lipinski definition) is 5. The van der Waals surface area contributed by atoms with Crippen molar-refractivity contribution >= 4 is 15.9 Å². The van der Waals surface area contributed by atoms with Crippen LogP contribution in [0.15, 0.2) is 47.6 Å². The number of methoxy groups -OCH3 is 1. The molecule has 0 bridgehead atoms. The molecule has 0 spiro atoms. The van der Waals surface area contributed by atoms with Crippen molar-refractivity contribution in [2.24, 2.45) is 0 Å². The second kappa shape index (κ2) is 8.49. The normalized spacial score (nSPS) is 15.3. The number of rotatable bonds is 6. The molecule has 1 aromatic heterocycles. The average molecular weight is 389 g/mol. The lowest BCUT2D eigenvalue weighted by Gasteiger charge is -2.26. The molecule has 8 heteroatoms. The Balaban J connectivity index is 1.83. The van der Waals surface area contributed by atoms with E-state index in [0.717, 1.165) is 24.8 Å². The Hall–Kier alpha value is -2.45. The lowest BCUT2D eigenvalue weighted by Crippen LogP contribution is -2.36. The summed E-state index contributed by atoms with van der Waals surface area (Å²) in [6.45, 7) is 1.29. The highest BCUT2D eigenvalue weighted by molar-refractivity contribution is 7.89. The monoisotopic (exact) mass is 389 g/mol. The van der Waals surface area contributed by atoms with Crippen molar-refractivity contribution in [1.29, 1.82) is 0 Å². The van der Waals surface area contributed by atoms with E-state index < -0.39 is 10.0 Å². The summed E-state index contributed by atoms with van der Waals surface area (Å²) in [5.41, 5.74) is 1.13. The van der Waals surface area contributed by atoms with Crippen LogP contribution in [0.4, 0.5) is 0 Å². The Labute approximate surface area is 159 Å². The van der Waals surface area contributed by atoms with E-state index in [2.05, 4.69) is 10.3 Å². The van der Waals surface area contributed by atoms with E-state index in [1.54, 1.807) is 24.5 Å². The Morgan fingerprint density at radius 1 is 1.22 bits per heavy atom. The summed E-state index contributed by atoms with van der Waals surface area (Å²) in [6.07, 6.45) is 6.03. The molecule has 3 rings (SSSR count). The predicted molar refractivity (Wildman–Crippen MR) is 101 cm³/mol. The topological polar surface area (TPSA) is 88.6 Å². The van der Waals surface area contributed by atoms with Gasteiger partial charge in [0.15, 0.2) is 0 Å². The van der Waals surface area contributed by atoms with Gasteiger partial charge in [-0.15, -0.1) is 0 Å². The first-order valence-corrected chi connectivity index (χ1v) is 10.3. The highest BCUT2D eigenvalue weighted by Crippen LogP contribution is 2.29. The molecule has 1 aliphatic heterocycles. The van der Waals surface area contributed by atoms with Gasteiger partial charge in [-0.05, 0) is 42.7 Å². The van der Waals surface area contributed by atoms with Crippen LogP contribution in [0.5, 0.6) is 5.75 Å². The van der Waals surface area contributed by atoms with E-state index in [1.807, 2.05) is 6.07 Å². The fourth-order valence-corrected chi connectivity index (χ4v) is 4.75. The minimum Gasteiger partial charge on any atom is -0.495 e. The van der Waals surface area contributed by atoms with Crippen LogP contribution in [0.1, 0.15) is 35.2 Å². The molecule has 0 saturated carbocycles. The molecule has 1 saturated heterocycles. The van der Waals surface area contributed by atoms with Gasteiger partial charge in [0.05, 0.1) is 7.11 Å². The van der Waals surface area contributed by atoms with Gasteiger partial charge in [-0.25, -0.2) is 8.42 Å². The van der Waals surface area contributed by atoms with Crippen molar-refractivity contribution in [3.05, 3.63) is 53.9 Å². The van der Waals surface area contributed by atoms with Gasteiger partial charge in [-0.2, -0.15) is 4.31 Å². The molecule has 27 heavy (non-hydrogen) atoms. The molecule has 1 aromatic carbocycles. The third-order valence-corrected chi connectivity index (χ3v) is 6.45. The molecule has 1 amide bonds. The molecule has 0 aliphatic carbocycles. The molecule has 2 aromatic rings. The van der Waals surface area contributed by atoms with Crippen molar-refractivity contribution in [2.75, 3.05) is 20.2 Å². The number of nitrogens with zero attached hydrogens (tertiary/aromatic N) is 2. The largest absolute Gasteiger partial charge is 0.495 e. The van der Waals surface area contributed by atoms with Crippen LogP contribution in [-0.4, -0.2) is 43.8 Å². The van der Waals surface area contributed by atoms with Crippen LogP contribution >= 0.6 is 0 Å². The first-order chi connectivity index (χ1) is 13.0. The SMILES string of the molecule is COc1ccc(C(=O)NCc2cccnc2)cc1S(=O)(=O)N1CCCCC1. The Kier molecular flexibility index (Phi) is 6.08. The molecule has 144 valence electrons. The van der Waals surface area contributed by atoms with Crippen LogP contribution < -0.4 is 10.1 Å². The third kappa shape index (κ3) is 4.45. The number of aromatic nitrogens is 1. The number of nitrogens with one attached hydrogen (secondary N) is 1. The number of ether oxygens (including phenoxy) is 1. The van der Waals surface area contributed by atoms with Gasteiger partial charge in [0.1, 0.15) is 10.6 Å². The smallest absolute Gasteiger partial charge is 0.251 e. The first kappa shape index (κ1) is 19.3. The fourth-order valence-electron chi connectivity index (χ4n) is 3.05. The molecule has 1 fully saturated rings. The molecule has 0 radical (unpaired) electrons. The zero-order chi connectivity index (χ0) is 19.3. The summed E-state index contributed by atoms with van der Waals surface area (Å²) < 4.78 is 32.8. The summed E-state index contributed by atoms with van der Waals surface area (Å²) in [4.78, 5) is 16.5. The van der Waals surface area contributed by atoms with E-state index in [9.17, 15) is 13.2 Å². The standard InChI is InChI=1S/C19H23N3O4S/c1-26-17-8-7-16(19(23)21-14-15-6-5-9-20-13-15)12-18(17)27(24,25)22-10-3-2-4-11-22/h5-9,12-13H,2-4,10-11,14H2,1H3,(H,21,23). The lowest BCUT2D eigenvalue weighted by atomic mass is 10.2. The minimum atomic E-state index is -3.71. The van der Waals surface area contributed by atoms with E-state index in [0.29, 0.717) is 19.6 Å². The highest BCUT2D eigenvalue weighted by atomic mass is 32.2. The van der Waals surface area contributed by atoms with Crippen molar-refractivity contribution in [3.8, 4) is 5.75 Å². The van der Waals surface area contributed by atoms with Gasteiger partial charge in [0.25, 0.3) is 5.91 Å². The molecule has 0 unspecified atom stereocenters. The van der Waals surface area contributed by atoms with Crippen LogP contribution in [0.25, 0.3) is 0 Å². The van der Waals surface area contributed by atoms with Crippen molar-refractivity contribution in [2.45, 2.75) is 30.7 Å². The molecule has 2 heterocycles. The van der Waals surface area contributed by atoms with Crippen LogP contribution in [0.2, 0.25) is 0 Å². The maximum absolute atomic E-state index is 13.0. The zero-order valence-corrected chi connectivity index (χ0v) is 16.0. The second-order valence-electron chi connectivity index (χ2n) is 6.37. The van der Waals surface area contributed by atoms with Gasteiger partial charge in [-0.3, -0.25) is 9.78 Å². The minimum absolute atomic E-state index is 0.0286. The molecule has 7 nitrogen and oxygen atoms in total. The molecular weight excluding hydrogens is 366 g/mol. The van der Waals surface area contributed by atoms with E-state index >= 15 is 0 Å². The summed E-state index contributed by atoms with van der Waals surface area (Å²) in [5, 5.41) is 2.78. The van der Waals surface area contributed by atoms with Crippen molar-refractivity contribution < 1.29 is 17.9 Å². The van der Waals surface area contributed by atoms with Crippen LogP contribution in [0.3, 0.4) is 0 Å². The van der Waals surface area contributed by atoms with E-state index in [4.69, 9.17) is 4.74 Å². The van der Waals surface area contributed by atoms with Gasteiger partial charge in [-0.1, -0.05) is 12.5 Å². The summed E-state index contributed by atoms with van der Waals surface area (Å²) in [6, 6.07) is 8.12. The molecule has 1 N–H and O–H groups in total. The predicted octanol–water partition coefficient (Wildman–Crippen LogP) is 2.19. The number of pyridine rings is 1. The lowest BCUT2D eigenvalue weighted by molar-refractivity contribution is 0.0950. The Morgan fingerprint density at radius 2 is 2.00 bits per heavy atom. The number of carbonyl (C=O) groups is 1. The maximum Gasteiger partial charge on any atom is 0.251 e. The number of carbonyl (C=O) groups excluding carboxylic acids is 1. The van der Waals surface area contributed by atoms with Gasteiger partial charge >= 0.3 is 0 Å². The van der Waals surface area contributed by atoms with Crippen LogP contribution in [-0.2, 0) is 16.6 Å². The Morgan fingerprint density at radius 3 is 2.67 bits per heavy atom. The number of hydrogen-bond donors (Lipinski definition) is 1.